The fourth-order valence-electron chi connectivity index (χ4n) is 1.30. The molecular formula is C9H8BrNO3. The molecule has 1 aliphatic heterocycles. The maximum atomic E-state index is 10.8. The molecule has 1 unspecified atom stereocenters. The number of aromatic hydroxyl groups is 1. The van der Waals surface area contributed by atoms with Crippen molar-refractivity contribution in [2.24, 2.45) is 0 Å². The second-order valence-corrected chi connectivity index (χ2v) is 3.84. The van der Waals surface area contributed by atoms with E-state index in [4.69, 9.17) is 4.74 Å². The molecule has 1 aromatic rings. The number of hydrogen-bond acceptors (Lipinski definition) is 3. The Morgan fingerprint density at radius 1 is 1.57 bits per heavy atom. The van der Waals surface area contributed by atoms with Gasteiger partial charge in [0.05, 0.1) is 11.0 Å². The first kappa shape index (κ1) is 9.33. The number of benzene rings is 1. The predicted octanol–water partition coefficient (Wildman–Crippen LogP) is 1.94. The second-order valence-electron chi connectivity index (χ2n) is 2.99. The summed E-state index contributed by atoms with van der Waals surface area (Å²) < 4.78 is 5.59. The predicted molar refractivity (Wildman–Crippen MR) is 53.0 cm³/mol. The van der Waals surface area contributed by atoms with Gasteiger partial charge in [0, 0.05) is 0 Å². The van der Waals surface area contributed by atoms with Crippen LogP contribution in [-0.2, 0) is 4.74 Å². The number of rotatable bonds is 1. The highest BCUT2D eigenvalue weighted by Crippen LogP contribution is 2.29. The third-order valence-electron chi connectivity index (χ3n) is 2.02. The van der Waals surface area contributed by atoms with E-state index in [0.717, 1.165) is 5.56 Å². The van der Waals surface area contributed by atoms with Crippen molar-refractivity contribution in [2.75, 3.05) is 6.54 Å². The van der Waals surface area contributed by atoms with Gasteiger partial charge in [0.2, 0.25) is 0 Å². The minimum atomic E-state index is -0.404. The Morgan fingerprint density at radius 2 is 2.36 bits per heavy atom. The smallest absolute Gasteiger partial charge is 0.407 e. The average Bonchev–Trinajstić information content (AvgIpc) is 2.57. The first-order valence-electron chi connectivity index (χ1n) is 4.10. The van der Waals surface area contributed by atoms with Crippen LogP contribution in [0.2, 0.25) is 0 Å². The topological polar surface area (TPSA) is 58.6 Å². The molecule has 1 fully saturated rings. The van der Waals surface area contributed by atoms with Crippen LogP contribution < -0.4 is 5.32 Å². The molecule has 0 spiro atoms. The molecule has 1 heterocycles. The Bertz CT molecular complexity index is 380. The number of ether oxygens (including phenoxy) is 1. The van der Waals surface area contributed by atoms with E-state index in [1.54, 1.807) is 18.2 Å². The van der Waals surface area contributed by atoms with Crippen molar-refractivity contribution in [2.45, 2.75) is 6.10 Å². The first-order valence-corrected chi connectivity index (χ1v) is 4.89. The summed E-state index contributed by atoms with van der Waals surface area (Å²) in [5.74, 6) is 0.172. The highest BCUT2D eigenvalue weighted by molar-refractivity contribution is 9.10. The molecular weight excluding hydrogens is 250 g/mol. The Hall–Kier alpha value is -1.23. The molecule has 1 atom stereocenters. The molecule has 0 aliphatic carbocycles. The summed E-state index contributed by atoms with van der Waals surface area (Å²) in [7, 11) is 0. The third-order valence-corrected chi connectivity index (χ3v) is 2.66. The van der Waals surface area contributed by atoms with Crippen molar-refractivity contribution in [3.05, 3.63) is 28.2 Å². The summed E-state index contributed by atoms with van der Waals surface area (Å²) in [4.78, 5) is 10.8. The second kappa shape index (κ2) is 3.49. The molecule has 0 saturated carbocycles. The molecule has 0 radical (unpaired) electrons. The number of amides is 1. The van der Waals surface area contributed by atoms with E-state index in [-0.39, 0.29) is 11.9 Å². The average molecular weight is 258 g/mol. The largest absolute Gasteiger partial charge is 0.507 e. The van der Waals surface area contributed by atoms with Crippen molar-refractivity contribution in [1.82, 2.24) is 5.32 Å². The van der Waals surface area contributed by atoms with Crippen LogP contribution in [0.4, 0.5) is 4.79 Å². The monoisotopic (exact) mass is 257 g/mol. The first-order chi connectivity index (χ1) is 6.66. The van der Waals surface area contributed by atoms with E-state index in [1.807, 2.05) is 0 Å². The van der Waals surface area contributed by atoms with E-state index in [9.17, 15) is 9.90 Å². The van der Waals surface area contributed by atoms with Gasteiger partial charge in [-0.2, -0.15) is 0 Å². The minimum absolute atomic E-state index is 0.172. The number of phenolic OH excluding ortho intramolecular Hbond substituents is 1. The fourth-order valence-corrected chi connectivity index (χ4v) is 1.69. The van der Waals surface area contributed by atoms with Gasteiger partial charge >= 0.3 is 6.09 Å². The molecule has 14 heavy (non-hydrogen) atoms. The standard InChI is InChI=1S/C9H8BrNO3/c10-6-3-5(1-2-7(6)12)8-4-11-9(13)14-8/h1-3,8,12H,4H2,(H,11,13). The number of alkyl carbamates (subject to hydrolysis) is 1. The summed E-state index contributed by atoms with van der Waals surface area (Å²) in [6.07, 6.45) is -0.668. The number of carbonyl (C=O) groups is 1. The van der Waals surface area contributed by atoms with E-state index in [2.05, 4.69) is 21.2 Å². The lowest BCUT2D eigenvalue weighted by atomic mass is 10.1. The van der Waals surface area contributed by atoms with E-state index < -0.39 is 6.09 Å². The van der Waals surface area contributed by atoms with E-state index in [1.165, 1.54) is 0 Å². The lowest BCUT2D eigenvalue weighted by Gasteiger charge is -2.08. The highest BCUT2D eigenvalue weighted by Gasteiger charge is 2.24. The van der Waals surface area contributed by atoms with Gasteiger partial charge in [-0.15, -0.1) is 0 Å². The zero-order valence-electron chi connectivity index (χ0n) is 7.16. The van der Waals surface area contributed by atoms with Crippen LogP contribution in [0.5, 0.6) is 5.75 Å². The zero-order valence-corrected chi connectivity index (χ0v) is 8.74. The maximum Gasteiger partial charge on any atom is 0.407 e. The Balaban J connectivity index is 2.24. The molecule has 2 rings (SSSR count). The van der Waals surface area contributed by atoms with Crippen molar-refractivity contribution in [1.29, 1.82) is 0 Å². The number of cyclic esters (lactones) is 1. The summed E-state index contributed by atoms with van der Waals surface area (Å²) in [6, 6.07) is 5.02. The zero-order chi connectivity index (χ0) is 10.1. The van der Waals surface area contributed by atoms with E-state index in [0.29, 0.717) is 11.0 Å². The molecule has 1 aromatic carbocycles. The van der Waals surface area contributed by atoms with Gasteiger partial charge in [0.25, 0.3) is 0 Å². The van der Waals surface area contributed by atoms with Gasteiger partial charge in [-0.05, 0) is 33.6 Å². The van der Waals surface area contributed by atoms with Gasteiger partial charge < -0.3 is 15.2 Å². The van der Waals surface area contributed by atoms with Crippen LogP contribution in [0.3, 0.4) is 0 Å². The number of nitrogens with one attached hydrogen (secondary N) is 1. The quantitative estimate of drug-likeness (QED) is 0.809. The summed E-state index contributed by atoms with van der Waals surface area (Å²) >= 11 is 3.20. The van der Waals surface area contributed by atoms with Gasteiger partial charge in [-0.25, -0.2) is 4.79 Å². The molecule has 4 nitrogen and oxygen atoms in total. The lowest BCUT2D eigenvalue weighted by Crippen LogP contribution is -2.12. The van der Waals surface area contributed by atoms with Crippen molar-refractivity contribution >= 4 is 22.0 Å². The molecule has 2 N–H and O–H groups in total. The van der Waals surface area contributed by atoms with Crippen LogP contribution in [0, 0.1) is 0 Å². The number of hydrogen-bond donors (Lipinski definition) is 2. The van der Waals surface area contributed by atoms with Gasteiger partial charge in [-0.3, -0.25) is 0 Å². The van der Waals surface area contributed by atoms with Crippen LogP contribution >= 0.6 is 15.9 Å². The van der Waals surface area contributed by atoms with Crippen LogP contribution in [0.15, 0.2) is 22.7 Å². The number of phenols is 1. The van der Waals surface area contributed by atoms with Crippen molar-refractivity contribution in [3.8, 4) is 5.75 Å². The summed E-state index contributed by atoms with van der Waals surface area (Å²) in [5, 5.41) is 11.8. The Morgan fingerprint density at radius 3 is 2.93 bits per heavy atom. The van der Waals surface area contributed by atoms with Crippen LogP contribution in [0.1, 0.15) is 11.7 Å². The minimum Gasteiger partial charge on any atom is -0.507 e. The maximum absolute atomic E-state index is 10.8. The lowest BCUT2D eigenvalue weighted by molar-refractivity contribution is 0.141. The van der Waals surface area contributed by atoms with E-state index >= 15 is 0 Å². The van der Waals surface area contributed by atoms with Crippen LogP contribution in [0.25, 0.3) is 0 Å². The number of carbonyl (C=O) groups excluding carboxylic acids is 1. The van der Waals surface area contributed by atoms with Gasteiger partial charge in [0.1, 0.15) is 11.9 Å². The Labute approximate surface area is 89.0 Å². The SMILES string of the molecule is O=C1NCC(c2ccc(O)c(Br)c2)O1. The molecule has 1 saturated heterocycles. The molecule has 0 bridgehead atoms. The molecule has 1 amide bonds. The summed E-state index contributed by atoms with van der Waals surface area (Å²) in [5.41, 5.74) is 0.855. The molecule has 74 valence electrons. The normalized spacial score (nSPS) is 20.4. The third kappa shape index (κ3) is 1.68. The Kier molecular flexibility index (Phi) is 2.33. The molecule has 1 aliphatic rings. The summed E-state index contributed by atoms with van der Waals surface area (Å²) in [6.45, 7) is 0.468. The fraction of sp³-hybridized carbons (Fsp3) is 0.222. The number of halogens is 1. The van der Waals surface area contributed by atoms with Gasteiger partial charge in [0.15, 0.2) is 0 Å². The van der Waals surface area contributed by atoms with Crippen LogP contribution in [-0.4, -0.2) is 17.7 Å². The highest BCUT2D eigenvalue weighted by atomic mass is 79.9. The van der Waals surface area contributed by atoms with Gasteiger partial charge in [-0.1, -0.05) is 6.07 Å². The molecule has 0 aromatic heterocycles. The van der Waals surface area contributed by atoms with Crippen molar-refractivity contribution in [3.63, 3.8) is 0 Å². The molecule has 5 heteroatoms. The van der Waals surface area contributed by atoms with Crippen molar-refractivity contribution < 1.29 is 14.6 Å².